The summed E-state index contributed by atoms with van der Waals surface area (Å²) in [7, 11) is 1.69. The number of tetrazole rings is 1. The van der Waals surface area contributed by atoms with Crippen molar-refractivity contribution in [2.24, 2.45) is 0 Å². The molecule has 7 heteroatoms. The quantitative estimate of drug-likeness (QED) is 0.652. The zero-order valence-electron chi connectivity index (χ0n) is 15.1. The summed E-state index contributed by atoms with van der Waals surface area (Å²) >= 11 is 1.56. The van der Waals surface area contributed by atoms with E-state index in [-0.39, 0.29) is 0 Å². The molecular formula is C18H21N5OS. The average molecular weight is 355 g/mol. The third-order valence-corrected chi connectivity index (χ3v) is 5.26. The molecule has 1 aromatic carbocycles. The molecule has 25 heavy (non-hydrogen) atoms. The van der Waals surface area contributed by atoms with Gasteiger partial charge in [-0.15, -0.1) is 5.10 Å². The van der Waals surface area contributed by atoms with Gasteiger partial charge in [0.1, 0.15) is 5.75 Å². The largest absolute Gasteiger partial charge is 0.496 e. The topological polar surface area (TPSA) is 65.7 Å². The molecular weight excluding hydrogens is 334 g/mol. The Morgan fingerprint density at radius 2 is 1.88 bits per heavy atom. The van der Waals surface area contributed by atoms with Crippen LogP contribution in [0.5, 0.6) is 5.75 Å². The van der Waals surface area contributed by atoms with E-state index < -0.39 is 0 Å². The maximum atomic E-state index is 5.48. The van der Waals surface area contributed by atoms with Gasteiger partial charge in [0, 0.05) is 23.1 Å². The van der Waals surface area contributed by atoms with E-state index in [0.717, 1.165) is 33.4 Å². The van der Waals surface area contributed by atoms with Crippen LogP contribution in [0.2, 0.25) is 0 Å². The number of methoxy groups -OCH3 is 1. The van der Waals surface area contributed by atoms with Crippen LogP contribution in [0.1, 0.15) is 27.9 Å². The van der Waals surface area contributed by atoms with Gasteiger partial charge in [-0.1, -0.05) is 23.9 Å². The normalized spacial score (nSPS) is 10.9. The van der Waals surface area contributed by atoms with Crippen LogP contribution in [-0.2, 0) is 5.75 Å². The van der Waals surface area contributed by atoms with Crippen molar-refractivity contribution < 1.29 is 4.74 Å². The standard InChI is InChI=1S/C18H21N5OS/c1-11-7-6-8-16(13(11)3)23-18(20-21-22-23)25-10-15-14(4)17(24-5)12(2)9-19-15/h6-9H,10H2,1-5H3. The molecule has 0 radical (unpaired) electrons. The van der Waals surface area contributed by atoms with Gasteiger partial charge in [-0.3, -0.25) is 4.98 Å². The van der Waals surface area contributed by atoms with Gasteiger partial charge in [-0.2, -0.15) is 4.68 Å². The van der Waals surface area contributed by atoms with E-state index in [1.807, 2.05) is 32.2 Å². The Morgan fingerprint density at radius 3 is 2.64 bits per heavy atom. The number of pyridine rings is 1. The predicted octanol–water partition coefficient (Wildman–Crippen LogP) is 3.59. The van der Waals surface area contributed by atoms with Gasteiger partial charge in [0.2, 0.25) is 5.16 Å². The molecule has 2 aromatic heterocycles. The highest BCUT2D eigenvalue weighted by molar-refractivity contribution is 7.98. The van der Waals surface area contributed by atoms with Gasteiger partial charge >= 0.3 is 0 Å². The fourth-order valence-electron chi connectivity index (χ4n) is 2.73. The number of aromatic nitrogens is 5. The maximum Gasteiger partial charge on any atom is 0.214 e. The summed E-state index contributed by atoms with van der Waals surface area (Å²) in [5, 5.41) is 12.9. The number of nitrogens with zero attached hydrogens (tertiary/aromatic N) is 5. The summed E-state index contributed by atoms with van der Waals surface area (Å²) < 4.78 is 7.27. The van der Waals surface area contributed by atoms with Gasteiger partial charge in [0.05, 0.1) is 18.5 Å². The lowest BCUT2D eigenvalue weighted by atomic mass is 10.1. The zero-order valence-corrected chi connectivity index (χ0v) is 15.9. The van der Waals surface area contributed by atoms with Crippen LogP contribution in [0.4, 0.5) is 0 Å². The third-order valence-electron chi connectivity index (χ3n) is 4.33. The van der Waals surface area contributed by atoms with E-state index >= 15 is 0 Å². The van der Waals surface area contributed by atoms with Gasteiger partial charge in [0.15, 0.2) is 0 Å². The van der Waals surface area contributed by atoms with Crippen molar-refractivity contribution in [1.29, 1.82) is 0 Å². The number of thioether (sulfide) groups is 1. The predicted molar refractivity (Wildman–Crippen MR) is 98.5 cm³/mol. The Labute approximate surface area is 151 Å². The number of hydrogen-bond acceptors (Lipinski definition) is 6. The fraction of sp³-hybridized carbons (Fsp3) is 0.333. The van der Waals surface area contributed by atoms with Crippen LogP contribution in [0.25, 0.3) is 5.69 Å². The first-order valence-electron chi connectivity index (χ1n) is 7.99. The third kappa shape index (κ3) is 3.37. The van der Waals surface area contributed by atoms with Crippen molar-refractivity contribution in [3.05, 3.63) is 52.3 Å². The zero-order chi connectivity index (χ0) is 18.0. The second kappa shape index (κ2) is 7.23. The Bertz CT molecular complexity index is 906. The average Bonchev–Trinajstić information content (AvgIpc) is 3.05. The van der Waals surface area contributed by atoms with Gasteiger partial charge in [-0.25, -0.2) is 0 Å². The maximum absolute atomic E-state index is 5.48. The van der Waals surface area contributed by atoms with Crippen molar-refractivity contribution in [3.63, 3.8) is 0 Å². The Balaban J connectivity index is 1.87. The lowest BCUT2D eigenvalue weighted by molar-refractivity contribution is 0.407. The van der Waals surface area contributed by atoms with Crippen molar-refractivity contribution in [2.45, 2.75) is 38.6 Å². The molecule has 0 aliphatic heterocycles. The number of aryl methyl sites for hydroxylation is 2. The second-order valence-electron chi connectivity index (χ2n) is 5.93. The van der Waals surface area contributed by atoms with Crippen molar-refractivity contribution in [3.8, 4) is 11.4 Å². The van der Waals surface area contributed by atoms with Crippen molar-refractivity contribution in [2.75, 3.05) is 7.11 Å². The SMILES string of the molecule is COc1c(C)cnc(CSc2nnnn2-c2cccc(C)c2C)c1C. The summed E-state index contributed by atoms with van der Waals surface area (Å²) in [5.74, 6) is 1.56. The fourth-order valence-corrected chi connectivity index (χ4v) is 3.64. The molecule has 0 saturated carbocycles. The minimum absolute atomic E-state index is 0.674. The first kappa shape index (κ1) is 17.4. The summed E-state index contributed by atoms with van der Waals surface area (Å²) in [6.07, 6.45) is 1.84. The molecule has 6 nitrogen and oxygen atoms in total. The molecule has 0 unspecified atom stereocenters. The van der Waals surface area contributed by atoms with E-state index in [1.165, 1.54) is 11.1 Å². The van der Waals surface area contributed by atoms with Crippen LogP contribution < -0.4 is 4.74 Å². The molecule has 0 atom stereocenters. The number of benzene rings is 1. The number of hydrogen-bond donors (Lipinski definition) is 0. The summed E-state index contributed by atoms with van der Waals surface area (Å²) in [6, 6.07) is 6.13. The number of rotatable bonds is 5. The molecule has 0 bridgehead atoms. The molecule has 0 spiro atoms. The second-order valence-corrected chi connectivity index (χ2v) is 6.87. The van der Waals surface area contributed by atoms with Crippen LogP contribution in [-0.4, -0.2) is 32.3 Å². The Hall–Kier alpha value is -2.41. The molecule has 0 aliphatic rings. The smallest absolute Gasteiger partial charge is 0.214 e. The molecule has 2 heterocycles. The molecule has 0 fully saturated rings. The number of ether oxygens (including phenoxy) is 1. The van der Waals surface area contributed by atoms with Gasteiger partial charge in [-0.05, 0) is 55.3 Å². The van der Waals surface area contributed by atoms with E-state index in [0.29, 0.717) is 5.75 Å². The minimum atomic E-state index is 0.674. The molecule has 3 aromatic rings. The highest BCUT2D eigenvalue weighted by atomic mass is 32.2. The Morgan fingerprint density at radius 1 is 1.08 bits per heavy atom. The van der Waals surface area contributed by atoms with E-state index in [4.69, 9.17) is 4.74 Å². The summed E-state index contributed by atoms with van der Waals surface area (Å²) in [6.45, 7) is 8.19. The van der Waals surface area contributed by atoms with E-state index in [2.05, 4.69) is 40.4 Å². The van der Waals surface area contributed by atoms with Crippen LogP contribution in [0, 0.1) is 27.7 Å². The molecule has 0 amide bonds. The van der Waals surface area contributed by atoms with Crippen LogP contribution in [0.3, 0.4) is 0 Å². The molecule has 3 rings (SSSR count). The first-order chi connectivity index (χ1) is 12.0. The molecule has 0 saturated heterocycles. The monoisotopic (exact) mass is 355 g/mol. The lowest BCUT2D eigenvalue weighted by Crippen LogP contribution is -2.03. The highest BCUT2D eigenvalue weighted by Gasteiger charge is 2.15. The van der Waals surface area contributed by atoms with Crippen molar-refractivity contribution >= 4 is 11.8 Å². The van der Waals surface area contributed by atoms with E-state index in [1.54, 1.807) is 23.6 Å². The Kier molecular flexibility index (Phi) is 5.03. The van der Waals surface area contributed by atoms with Crippen molar-refractivity contribution in [1.82, 2.24) is 25.2 Å². The van der Waals surface area contributed by atoms with Crippen LogP contribution in [0.15, 0.2) is 29.6 Å². The minimum Gasteiger partial charge on any atom is -0.496 e. The summed E-state index contributed by atoms with van der Waals surface area (Å²) in [5.41, 5.74) is 6.45. The van der Waals surface area contributed by atoms with Crippen LogP contribution >= 0.6 is 11.8 Å². The van der Waals surface area contributed by atoms with Gasteiger partial charge < -0.3 is 4.74 Å². The summed E-state index contributed by atoms with van der Waals surface area (Å²) in [4.78, 5) is 4.54. The molecule has 0 N–H and O–H groups in total. The van der Waals surface area contributed by atoms with E-state index in [9.17, 15) is 0 Å². The molecule has 130 valence electrons. The molecule has 0 aliphatic carbocycles. The highest BCUT2D eigenvalue weighted by Crippen LogP contribution is 2.29. The lowest BCUT2D eigenvalue weighted by Gasteiger charge is -2.12. The van der Waals surface area contributed by atoms with Gasteiger partial charge in [0.25, 0.3) is 0 Å². The first-order valence-corrected chi connectivity index (χ1v) is 8.98.